The van der Waals surface area contributed by atoms with Crippen LogP contribution in [0.1, 0.15) is 28.9 Å². The van der Waals surface area contributed by atoms with Crippen LogP contribution in [0.3, 0.4) is 0 Å². The predicted octanol–water partition coefficient (Wildman–Crippen LogP) is 5.93. The molecule has 172 valence electrons. The van der Waals surface area contributed by atoms with Gasteiger partial charge in [-0.15, -0.1) is 0 Å². The zero-order valence-electron chi connectivity index (χ0n) is 18.7. The maximum absolute atomic E-state index is 15.1. The second-order valence-corrected chi connectivity index (χ2v) is 8.46. The van der Waals surface area contributed by atoms with E-state index < -0.39 is 11.8 Å². The third-order valence-electron chi connectivity index (χ3n) is 6.28. The fraction of sp³-hybridized carbons (Fsp3) is 0.179. The molecule has 2 unspecified atom stereocenters. The Kier molecular flexibility index (Phi) is 5.90. The number of rotatable bonds is 6. The second kappa shape index (κ2) is 9.15. The fourth-order valence-electron chi connectivity index (χ4n) is 4.57. The Morgan fingerprint density at radius 2 is 1.74 bits per heavy atom. The molecule has 0 fully saturated rings. The number of carboxylic acid groups (broad SMARTS) is 1. The Balaban J connectivity index is 1.40. The van der Waals surface area contributed by atoms with Crippen molar-refractivity contribution in [3.8, 4) is 5.75 Å². The number of hydrogen-bond acceptors (Lipinski definition) is 4. The van der Waals surface area contributed by atoms with Crippen molar-refractivity contribution in [2.75, 3.05) is 18.0 Å². The molecule has 6 heteroatoms. The van der Waals surface area contributed by atoms with Crippen LogP contribution in [0.4, 0.5) is 15.8 Å². The van der Waals surface area contributed by atoms with Crippen LogP contribution in [0.5, 0.6) is 5.75 Å². The maximum atomic E-state index is 15.1. The van der Waals surface area contributed by atoms with Crippen molar-refractivity contribution in [1.82, 2.24) is 5.32 Å². The highest BCUT2D eigenvalue weighted by Crippen LogP contribution is 2.39. The summed E-state index contributed by atoms with van der Waals surface area (Å²) in [5.74, 6) is -1.40. The predicted molar refractivity (Wildman–Crippen MR) is 132 cm³/mol. The number of nitrogens with one attached hydrogen (secondary N) is 1. The van der Waals surface area contributed by atoms with E-state index in [1.165, 1.54) is 22.4 Å². The summed E-state index contributed by atoms with van der Waals surface area (Å²) in [6, 6.07) is 26.5. The van der Waals surface area contributed by atoms with Crippen LogP contribution in [0.2, 0.25) is 0 Å². The number of fused-ring (bicyclic) bond motifs is 2. The highest BCUT2D eigenvalue weighted by molar-refractivity contribution is 5.90. The van der Waals surface area contributed by atoms with Gasteiger partial charge in [-0.1, -0.05) is 60.7 Å². The van der Waals surface area contributed by atoms with Gasteiger partial charge in [-0.2, -0.15) is 0 Å². The molecule has 0 spiro atoms. The molecular weight excluding hydrogens is 431 g/mol. The zero-order valence-corrected chi connectivity index (χ0v) is 18.7. The average molecular weight is 457 g/mol. The topological polar surface area (TPSA) is 61.8 Å². The molecule has 2 atom stereocenters. The molecule has 34 heavy (non-hydrogen) atoms. The van der Waals surface area contributed by atoms with Gasteiger partial charge in [0.15, 0.2) is 5.82 Å². The molecule has 5 nitrogen and oxygen atoms in total. The number of carbonyl (C=O) groups is 1. The van der Waals surface area contributed by atoms with Crippen molar-refractivity contribution in [2.45, 2.75) is 19.1 Å². The van der Waals surface area contributed by atoms with E-state index in [0.717, 1.165) is 0 Å². The lowest BCUT2D eigenvalue weighted by Gasteiger charge is -2.37. The molecular formula is C28H25FN2O3. The van der Waals surface area contributed by atoms with Gasteiger partial charge >= 0.3 is 5.97 Å². The van der Waals surface area contributed by atoms with Crippen LogP contribution in [-0.4, -0.2) is 30.3 Å². The number of anilines is 2. The molecule has 0 radical (unpaired) electrons. The first-order valence-corrected chi connectivity index (χ1v) is 11.3. The molecule has 5 rings (SSSR count). The first-order valence-electron chi connectivity index (χ1n) is 11.3. The standard InChI is InChI=1S/C28H25FN2O3/c1-18(21-11-6-9-19-8-2-3-10-22(19)21)30-16-20-17-31(24-13-4-5-15-26(24)34-20)25-14-7-12-23(27(25)29)28(32)33/h2-15,18,20,30H,16-17H2,1H3,(H,32,33). The van der Waals surface area contributed by atoms with Crippen LogP contribution in [0.15, 0.2) is 84.9 Å². The molecule has 2 N–H and O–H groups in total. The van der Waals surface area contributed by atoms with Gasteiger partial charge in [0.1, 0.15) is 11.9 Å². The van der Waals surface area contributed by atoms with Crippen molar-refractivity contribution in [3.05, 3.63) is 102 Å². The largest absolute Gasteiger partial charge is 0.485 e. The summed E-state index contributed by atoms with van der Waals surface area (Å²) < 4.78 is 21.4. The highest BCUT2D eigenvalue weighted by atomic mass is 19.1. The van der Waals surface area contributed by atoms with Gasteiger partial charge in [0.2, 0.25) is 0 Å². The van der Waals surface area contributed by atoms with Crippen molar-refractivity contribution in [3.63, 3.8) is 0 Å². The number of benzene rings is 4. The van der Waals surface area contributed by atoms with Gasteiger partial charge < -0.3 is 20.1 Å². The van der Waals surface area contributed by atoms with E-state index in [1.807, 2.05) is 36.4 Å². The highest BCUT2D eigenvalue weighted by Gasteiger charge is 2.29. The summed E-state index contributed by atoms with van der Waals surface area (Å²) in [7, 11) is 0. The van der Waals surface area contributed by atoms with E-state index in [4.69, 9.17) is 4.74 Å². The van der Waals surface area contributed by atoms with E-state index in [-0.39, 0.29) is 23.4 Å². The van der Waals surface area contributed by atoms with Crippen molar-refractivity contribution in [1.29, 1.82) is 0 Å². The van der Waals surface area contributed by atoms with Crippen LogP contribution in [0, 0.1) is 5.82 Å². The monoisotopic (exact) mass is 456 g/mol. The Morgan fingerprint density at radius 3 is 2.59 bits per heavy atom. The third-order valence-corrected chi connectivity index (χ3v) is 6.28. The van der Waals surface area contributed by atoms with Crippen molar-refractivity contribution in [2.24, 2.45) is 0 Å². The summed E-state index contributed by atoms with van der Waals surface area (Å²) in [6.45, 7) is 3.04. The van der Waals surface area contributed by atoms with Crippen LogP contribution in [0.25, 0.3) is 10.8 Å². The molecule has 4 aromatic rings. The Labute approximate surface area is 197 Å². The molecule has 0 aliphatic carbocycles. The molecule has 0 saturated heterocycles. The summed E-state index contributed by atoms with van der Waals surface area (Å²) >= 11 is 0. The smallest absolute Gasteiger partial charge is 0.338 e. The fourth-order valence-corrected chi connectivity index (χ4v) is 4.57. The first kappa shape index (κ1) is 21.9. The van der Waals surface area contributed by atoms with Gasteiger partial charge in [0.25, 0.3) is 0 Å². The molecule has 0 bridgehead atoms. The normalized spacial score (nSPS) is 16.1. The molecule has 0 saturated carbocycles. The third kappa shape index (κ3) is 4.08. The Hall–Kier alpha value is -3.90. The van der Waals surface area contributed by atoms with E-state index in [9.17, 15) is 9.90 Å². The summed E-state index contributed by atoms with van der Waals surface area (Å²) in [4.78, 5) is 13.3. The van der Waals surface area contributed by atoms with E-state index >= 15 is 4.39 Å². The van der Waals surface area contributed by atoms with Crippen molar-refractivity contribution >= 4 is 28.1 Å². The number of ether oxygens (including phenoxy) is 1. The van der Waals surface area contributed by atoms with E-state index in [2.05, 4.69) is 42.6 Å². The molecule has 1 heterocycles. The molecule has 4 aromatic carbocycles. The summed E-state index contributed by atoms with van der Waals surface area (Å²) in [5.41, 5.74) is 1.79. The number of nitrogens with zero attached hydrogens (tertiary/aromatic N) is 1. The maximum Gasteiger partial charge on any atom is 0.338 e. The van der Waals surface area contributed by atoms with Crippen LogP contribution < -0.4 is 15.0 Å². The van der Waals surface area contributed by atoms with E-state index in [1.54, 1.807) is 17.0 Å². The van der Waals surface area contributed by atoms with Gasteiger partial charge in [0, 0.05) is 12.6 Å². The lowest BCUT2D eigenvalue weighted by Crippen LogP contribution is -2.44. The van der Waals surface area contributed by atoms with Gasteiger partial charge in [0.05, 0.1) is 23.5 Å². The average Bonchev–Trinajstić information content (AvgIpc) is 2.86. The lowest BCUT2D eigenvalue weighted by atomic mass is 9.99. The zero-order chi connectivity index (χ0) is 23.7. The first-order chi connectivity index (χ1) is 16.5. The van der Waals surface area contributed by atoms with Crippen LogP contribution >= 0.6 is 0 Å². The summed E-state index contributed by atoms with van der Waals surface area (Å²) in [5, 5.41) is 15.3. The SMILES string of the molecule is CC(NCC1CN(c2cccc(C(=O)O)c2F)c2ccccc2O1)c1cccc2ccccc12. The quantitative estimate of drug-likeness (QED) is 0.377. The number of para-hydroxylation sites is 2. The Morgan fingerprint density at radius 1 is 1.03 bits per heavy atom. The second-order valence-electron chi connectivity index (χ2n) is 8.46. The Bertz CT molecular complexity index is 1350. The minimum atomic E-state index is -1.29. The van der Waals surface area contributed by atoms with Crippen LogP contribution in [-0.2, 0) is 0 Å². The van der Waals surface area contributed by atoms with E-state index in [0.29, 0.717) is 24.5 Å². The lowest BCUT2D eigenvalue weighted by molar-refractivity contribution is 0.0692. The van der Waals surface area contributed by atoms with Gasteiger partial charge in [-0.25, -0.2) is 9.18 Å². The van der Waals surface area contributed by atoms with Gasteiger partial charge in [-0.3, -0.25) is 0 Å². The minimum Gasteiger partial charge on any atom is -0.485 e. The molecule has 1 aliphatic rings. The number of hydrogen-bond donors (Lipinski definition) is 2. The minimum absolute atomic E-state index is 0.0763. The molecule has 1 aliphatic heterocycles. The molecule has 0 amide bonds. The number of aromatic carboxylic acids is 1. The summed E-state index contributed by atoms with van der Waals surface area (Å²) in [6.07, 6.45) is -0.264. The number of halogens is 1. The number of carboxylic acids is 1. The van der Waals surface area contributed by atoms with Crippen molar-refractivity contribution < 1.29 is 19.0 Å². The molecule has 0 aromatic heterocycles. The van der Waals surface area contributed by atoms with Gasteiger partial charge in [-0.05, 0) is 47.5 Å².